The molecule has 7 heteroatoms. The number of nitro groups is 1. The molecule has 0 aliphatic rings. The highest BCUT2D eigenvalue weighted by Crippen LogP contribution is 2.26. The van der Waals surface area contributed by atoms with E-state index in [1.165, 1.54) is 12.1 Å². The van der Waals surface area contributed by atoms with Crippen LogP contribution in [0, 0.1) is 10.1 Å². The van der Waals surface area contributed by atoms with E-state index in [4.69, 9.17) is 4.42 Å². The van der Waals surface area contributed by atoms with Crippen LogP contribution in [0.5, 0.6) is 0 Å². The maximum atomic E-state index is 10.7. The monoisotopic (exact) mass is 383 g/mol. The van der Waals surface area contributed by atoms with Gasteiger partial charge in [0.2, 0.25) is 5.89 Å². The van der Waals surface area contributed by atoms with Gasteiger partial charge in [0.25, 0.3) is 5.69 Å². The first-order valence-electron chi connectivity index (χ1n) is 5.64. The quantitative estimate of drug-likeness (QED) is 0.252. The Balaban J connectivity index is 0.00000147. The SMILES string of the molecule is C[n+]1cccc(-c2nc3cc([N+](=O)[O-])ccc3o2)c1.[I-]. The van der Waals surface area contributed by atoms with Crippen molar-refractivity contribution in [2.75, 3.05) is 0 Å². The minimum atomic E-state index is -0.448. The van der Waals surface area contributed by atoms with Crippen LogP contribution in [0.4, 0.5) is 5.69 Å². The second-order valence-corrected chi connectivity index (χ2v) is 4.19. The van der Waals surface area contributed by atoms with Crippen LogP contribution in [0.15, 0.2) is 47.1 Å². The Hall–Kier alpha value is -2.03. The Morgan fingerprint density at radius 1 is 1.35 bits per heavy atom. The Labute approximate surface area is 131 Å². The summed E-state index contributed by atoms with van der Waals surface area (Å²) in [6.07, 6.45) is 3.77. The zero-order chi connectivity index (χ0) is 13.4. The van der Waals surface area contributed by atoms with E-state index in [0.717, 1.165) is 5.56 Å². The van der Waals surface area contributed by atoms with Crippen LogP contribution in [0.3, 0.4) is 0 Å². The third-order valence-electron chi connectivity index (χ3n) is 2.77. The fourth-order valence-corrected chi connectivity index (χ4v) is 1.87. The first-order valence-corrected chi connectivity index (χ1v) is 5.64. The molecule has 102 valence electrons. The number of halogens is 1. The van der Waals surface area contributed by atoms with Gasteiger partial charge in [0.05, 0.1) is 4.92 Å². The van der Waals surface area contributed by atoms with Crippen molar-refractivity contribution in [2.45, 2.75) is 0 Å². The molecule has 3 rings (SSSR count). The highest BCUT2D eigenvalue weighted by atomic mass is 127. The predicted octanol–water partition coefficient (Wildman–Crippen LogP) is -0.769. The summed E-state index contributed by atoms with van der Waals surface area (Å²) in [6.45, 7) is 0. The summed E-state index contributed by atoms with van der Waals surface area (Å²) >= 11 is 0. The zero-order valence-electron chi connectivity index (χ0n) is 10.5. The van der Waals surface area contributed by atoms with Crippen molar-refractivity contribution < 1.29 is 37.9 Å². The van der Waals surface area contributed by atoms with Gasteiger partial charge < -0.3 is 28.4 Å². The van der Waals surface area contributed by atoms with Gasteiger partial charge in [0.15, 0.2) is 18.0 Å². The van der Waals surface area contributed by atoms with E-state index in [0.29, 0.717) is 17.0 Å². The van der Waals surface area contributed by atoms with E-state index < -0.39 is 4.92 Å². The Kier molecular flexibility index (Phi) is 3.98. The third-order valence-corrected chi connectivity index (χ3v) is 2.77. The van der Waals surface area contributed by atoms with Gasteiger partial charge in [-0.2, -0.15) is 0 Å². The standard InChI is InChI=1S/C13H10N3O3.HI/c1-15-6-2-3-9(8-15)13-14-11-7-10(16(17)18)4-5-12(11)19-13;/h2-8H,1H3;1H/q+1;/p-1. The Bertz CT molecular complexity index is 785. The second kappa shape index (κ2) is 5.53. The number of hydrogen-bond donors (Lipinski definition) is 0. The first kappa shape index (κ1) is 14.4. The number of pyridine rings is 1. The van der Waals surface area contributed by atoms with Crippen molar-refractivity contribution in [2.24, 2.45) is 7.05 Å². The molecule has 0 aliphatic heterocycles. The molecule has 20 heavy (non-hydrogen) atoms. The number of oxazole rings is 1. The van der Waals surface area contributed by atoms with Gasteiger partial charge in [-0.15, -0.1) is 0 Å². The van der Waals surface area contributed by atoms with Gasteiger partial charge in [0, 0.05) is 18.2 Å². The van der Waals surface area contributed by atoms with Crippen LogP contribution >= 0.6 is 0 Å². The molecule has 0 amide bonds. The van der Waals surface area contributed by atoms with E-state index in [-0.39, 0.29) is 29.7 Å². The molecule has 0 unspecified atom stereocenters. The van der Waals surface area contributed by atoms with Gasteiger partial charge in [-0.1, -0.05) is 0 Å². The maximum absolute atomic E-state index is 10.7. The maximum Gasteiger partial charge on any atom is 0.271 e. The van der Waals surface area contributed by atoms with Crippen LogP contribution in [0.25, 0.3) is 22.6 Å². The number of fused-ring (bicyclic) bond motifs is 1. The largest absolute Gasteiger partial charge is 1.00 e. The fraction of sp³-hybridized carbons (Fsp3) is 0.0769. The van der Waals surface area contributed by atoms with Crippen LogP contribution < -0.4 is 28.5 Å². The molecular formula is C13H10IN3O3. The summed E-state index contributed by atoms with van der Waals surface area (Å²) < 4.78 is 7.48. The number of nitro benzene ring substituents is 1. The van der Waals surface area contributed by atoms with Crippen LogP contribution in [0.1, 0.15) is 0 Å². The lowest BCUT2D eigenvalue weighted by molar-refractivity contribution is -0.671. The summed E-state index contributed by atoms with van der Waals surface area (Å²) in [5.41, 5.74) is 1.85. The lowest BCUT2D eigenvalue weighted by Gasteiger charge is -1.91. The van der Waals surface area contributed by atoms with E-state index in [9.17, 15) is 10.1 Å². The second-order valence-electron chi connectivity index (χ2n) is 4.19. The molecule has 6 nitrogen and oxygen atoms in total. The van der Waals surface area contributed by atoms with Crippen LogP contribution in [0.2, 0.25) is 0 Å². The molecule has 0 N–H and O–H groups in total. The van der Waals surface area contributed by atoms with Gasteiger partial charge >= 0.3 is 0 Å². The molecule has 2 heterocycles. The molecule has 0 bridgehead atoms. The molecule has 0 aliphatic carbocycles. The normalized spacial score (nSPS) is 10.2. The van der Waals surface area contributed by atoms with E-state index in [1.54, 1.807) is 6.07 Å². The average Bonchev–Trinajstić information content (AvgIpc) is 2.81. The summed E-state index contributed by atoms with van der Waals surface area (Å²) in [4.78, 5) is 14.5. The minimum absolute atomic E-state index is 0. The molecule has 0 radical (unpaired) electrons. The topological polar surface area (TPSA) is 73.0 Å². The van der Waals surface area contributed by atoms with Gasteiger partial charge in [-0.3, -0.25) is 10.1 Å². The van der Waals surface area contributed by atoms with E-state index in [1.807, 2.05) is 36.1 Å². The molecule has 0 fully saturated rings. The van der Waals surface area contributed by atoms with Gasteiger partial charge in [-0.05, 0) is 12.1 Å². The summed E-state index contributed by atoms with van der Waals surface area (Å²) in [6, 6.07) is 8.13. The zero-order valence-corrected chi connectivity index (χ0v) is 12.6. The van der Waals surface area contributed by atoms with Crippen LogP contribution in [-0.4, -0.2) is 9.91 Å². The molecular weight excluding hydrogens is 373 g/mol. The summed E-state index contributed by atoms with van der Waals surface area (Å²) in [5.74, 6) is 0.451. The van der Waals surface area contributed by atoms with Crippen molar-refractivity contribution >= 4 is 16.8 Å². The smallest absolute Gasteiger partial charge is 0.271 e. The van der Waals surface area contributed by atoms with E-state index in [2.05, 4.69) is 4.98 Å². The lowest BCUT2D eigenvalue weighted by atomic mass is 10.3. The minimum Gasteiger partial charge on any atom is -1.00 e. The predicted molar refractivity (Wildman–Crippen MR) is 67.3 cm³/mol. The first-order chi connectivity index (χ1) is 9.13. The number of benzene rings is 1. The number of non-ortho nitro benzene ring substituents is 1. The average molecular weight is 383 g/mol. The van der Waals surface area contributed by atoms with Crippen molar-refractivity contribution in [3.63, 3.8) is 0 Å². The molecule has 0 atom stereocenters. The molecule has 0 saturated carbocycles. The highest BCUT2D eigenvalue weighted by molar-refractivity contribution is 5.78. The summed E-state index contributed by atoms with van der Waals surface area (Å²) in [5, 5.41) is 10.7. The lowest BCUT2D eigenvalue weighted by Crippen LogP contribution is -3.00. The number of aryl methyl sites for hydroxylation is 1. The molecule has 3 aromatic rings. The fourth-order valence-electron chi connectivity index (χ4n) is 1.87. The molecule has 1 aromatic carbocycles. The third kappa shape index (κ3) is 2.62. The van der Waals surface area contributed by atoms with Gasteiger partial charge in [-0.25, -0.2) is 9.55 Å². The molecule has 2 aromatic heterocycles. The van der Waals surface area contributed by atoms with Crippen molar-refractivity contribution in [1.82, 2.24) is 4.98 Å². The Morgan fingerprint density at radius 2 is 2.15 bits per heavy atom. The molecule has 0 spiro atoms. The van der Waals surface area contributed by atoms with Crippen LogP contribution in [-0.2, 0) is 7.05 Å². The Morgan fingerprint density at radius 3 is 2.85 bits per heavy atom. The molecule has 0 saturated heterocycles. The highest BCUT2D eigenvalue weighted by Gasteiger charge is 2.14. The number of aromatic nitrogens is 2. The van der Waals surface area contributed by atoms with Crippen molar-refractivity contribution in [3.8, 4) is 11.5 Å². The van der Waals surface area contributed by atoms with Crippen molar-refractivity contribution in [3.05, 3.63) is 52.8 Å². The number of nitrogens with zero attached hydrogens (tertiary/aromatic N) is 3. The number of hydrogen-bond acceptors (Lipinski definition) is 4. The van der Waals surface area contributed by atoms with Gasteiger partial charge in [0.1, 0.15) is 18.1 Å². The van der Waals surface area contributed by atoms with E-state index >= 15 is 0 Å². The summed E-state index contributed by atoms with van der Waals surface area (Å²) in [7, 11) is 1.90. The number of rotatable bonds is 2. The van der Waals surface area contributed by atoms with Crippen molar-refractivity contribution in [1.29, 1.82) is 0 Å².